The van der Waals surface area contributed by atoms with Crippen molar-refractivity contribution in [1.29, 1.82) is 0 Å². The molecule has 2 nitrogen and oxygen atoms in total. The Hall–Kier alpha value is -0.0800. The van der Waals surface area contributed by atoms with Gasteiger partial charge in [-0.25, -0.2) is 0 Å². The summed E-state index contributed by atoms with van der Waals surface area (Å²) in [5.74, 6) is 0.484. The van der Waals surface area contributed by atoms with Crippen molar-refractivity contribution in [3.8, 4) is 0 Å². The third-order valence-electron chi connectivity index (χ3n) is 2.45. The normalized spacial score (nSPS) is 41.2. The molecular weight excluding hydrogens is 140 g/mol. The van der Waals surface area contributed by atoms with Gasteiger partial charge in [0.05, 0.1) is 13.2 Å². The van der Waals surface area contributed by atoms with E-state index in [1.807, 2.05) is 13.8 Å². The van der Waals surface area contributed by atoms with Gasteiger partial charge >= 0.3 is 0 Å². The van der Waals surface area contributed by atoms with E-state index in [-0.39, 0.29) is 5.79 Å². The molecule has 2 heterocycles. The molecule has 66 valence electrons. The van der Waals surface area contributed by atoms with Crippen molar-refractivity contribution in [3.05, 3.63) is 0 Å². The molecule has 2 aliphatic heterocycles. The van der Waals surface area contributed by atoms with Crippen LogP contribution in [-0.2, 0) is 9.47 Å². The van der Waals surface area contributed by atoms with Crippen LogP contribution in [0.25, 0.3) is 0 Å². The highest BCUT2D eigenvalue weighted by Gasteiger charge is 2.44. The first-order chi connectivity index (χ1) is 5.31. The Morgan fingerprint density at radius 3 is 1.91 bits per heavy atom. The maximum absolute atomic E-state index is 5.44. The molecule has 2 saturated heterocycles. The second kappa shape index (κ2) is 3.55. The molecule has 2 rings (SSSR count). The van der Waals surface area contributed by atoms with Crippen molar-refractivity contribution in [2.24, 2.45) is 5.92 Å². The lowest BCUT2D eigenvalue weighted by atomic mass is 9.99. The van der Waals surface area contributed by atoms with Gasteiger partial charge in [-0.3, -0.25) is 0 Å². The quantitative estimate of drug-likeness (QED) is 0.538. The minimum Gasteiger partial charge on any atom is -0.350 e. The monoisotopic (exact) mass is 158 g/mol. The molecule has 0 aromatic carbocycles. The topological polar surface area (TPSA) is 18.5 Å². The smallest absolute Gasteiger partial charge is 0.168 e. The first-order valence-corrected chi connectivity index (χ1v) is 4.59. The van der Waals surface area contributed by atoms with Crippen LogP contribution in [-0.4, -0.2) is 19.0 Å². The first-order valence-electron chi connectivity index (χ1n) is 4.59. The number of ether oxygens (including phenoxy) is 2. The van der Waals surface area contributed by atoms with Crippen molar-refractivity contribution in [2.45, 2.75) is 39.4 Å². The van der Waals surface area contributed by atoms with Crippen LogP contribution in [0.3, 0.4) is 0 Å². The molecule has 0 atom stereocenters. The van der Waals surface area contributed by atoms with Crippen LogP contribution in [0.5, 0.6) is 0 Å². The molecule has 0 radical (unpaired) electrons. The average Bonchev–Trinajstić information content (AvgIpc) is 2.49. The molecule has 2 aliphatic rings. The van der Waals surface area contributed by atoms with E-state index in [4.69, 9.17) is 9.47 Å². The molecule has 0 amide bonds. The van der Waals surface area contributed by atoms with Gasteiger partial charge in [0.2, 0.25) is 0 Å². The van der Waals surface area contributed by atoms with Crippen molar-refractivity contribution < 1.29 is 9.47 Å². The fraction of sp³-hybridized carbons (Fsp3) is 1.00. The highest BCUT2D eigenvalue weighted by Crippen LogP contribution is 2.40. The van der Waals surface area contributed by atoms with Gasteiger partial charge in [0.15, 0.2) is 5.79 Å². The third kappa shape index (κ3) is 1.57. The Morgan fingerprint density at radius 1 is 1.09 bits per heavy atom. The molecule has 2 heteroatoms. The molecule has 11 heavy (non-hydrogen) atoms. The van der Waals surface area contributed by atoms with Gasteiger partial charge in [-0.05, 0) is 19.8 Å². The average molecular weight is 158 g/mol. The Morgan fingerprint density at radius 2 is 1.55 bits per heavy atom. The molecule has 0 bridgehead atoms. The van der Waals surface area contributed by atoms with E-state index in [2.05, 4.69) is 6.92 Å². The SMILES string of the molecule is CC.CC12OCCC1CCO2. The molecular formula is C9H18O2. The van der Waals surface area contributed by atoms with E-state index in [1.54, 1.807) is 0 Å². The lowest BCUT2D eigenvalue weighted by Crippen LogP contribution is -2.27. The Labute approximate surface area is 68.9 Å². The van der Waals surface area contributed by atoms with E-state index >= 15 is 0 Å². The zero-order valence-corrected chi connectivity index (χ0v) is 7.72. The summed E-state index contributed by atoms with van der Waals surface area (Å²) in [6.45, 7) is 7.83. The first kappa shape index (κ1) is 9.01. The summed E-state index contributed by atoms with van der Waals surface area (Å²) in [5, 5.41) is 0. The maximum atomic E-state index is 5.44. The van der Waals surface area contributed by atoms with Crippen LogP contribution in [0.15, 0.2) is 0 Å². The summed E-state index contributed by atoms with van der Waals surface area (Å²) in [7, 11) is 0. The second-order valence-corrected chi connectivity index (χ2v) is 2.99. The summed E-state index contributed by atoms with van der Waals surface area (Å²) in [6, 6.07) is 0. The minimum absolute atomic E-state index is 0.194. The fourth-order valence-corrected chi connectivity index (χ4v) is 1.75. The fourth-order valence-electron chi connectivity index (χ4n) is 1.75. The number of hydrogen-bond donors (Lipinski definition) is 0. The van der Waals surface area contributed by atoms with Crippen LogP contribution in [0, 0.1) is 5.92 Å². The Bertz CT molecular complexity index is 113. The Kier molecular flexibility index (Phi) is 2.90. The van der Waals surface area contributed by atoms with E-state index < -0.39 is 0 Å². The van der Waals surface area contributed by atoms with Gasteiger partial charge in [-0.2, -0.15) is 0 Å². The van der Waals surface area contributed by atoms with Crippen molar-refractivity contribution in [1.82, 2.24) is 0 Å². The van der Waals surface area contributed by atoms with Crippen LogP contribution < -0.4 is 0 Å². The van der Waals surface area contributed by atoms with E-state index in [9.17, 15) is 0 Å². The lowest BCUT2D eigenvalue weighted by Gasteiger charge is -2.20. The summed E-state index contributed by atoms with van der Waals surface area (Å²) >= 11 is 0. The third-order valence-corrected chi connectivity index (χ3v) is 2.45. The van der Waals surface area contributed by atoms with Gasteiger partial charge < -0.3 is 9.47 Å². The molecule has 0 N–H and O–H groups in total. The summed E-state index contributed by atoms with van der Waals surface area (Å²) < 4.78 is 10.9. The molecule has 0 aromatic heterocycles. The van der Waals surface area contributed by atoms with Gasteiger partial charge in [-0.1, -0.05) is 13.8 Å². The zero-order chi connectivity index (χ0) is 8.32. The van der Waals surface area contributed by atoms with Crippen LogP contribution in [0.2, 0.25) is 0 Å². The molecule has 0 spiro atoms. The van der Waals surface area contributed by atoms with Crippen LogP contribution >= 0.6 is 0 Å². The number of rotatable bonds is 0. The van der Waals surface area contributed by atoms with E-state index in [1.165, 1.54) is 12.8 Å². The maximum Gasteiger partial charge on any atom is 0.168 e. The zero-order valence-electron chi connectivity index (χ0n) is 7.72. The molecule has 0 aliphatic carbocycles. The minimum atomic E-state index is -0.194. The molecule has 0 saturated carbocycles. The summed E-state index contributed by atoms with van der Waals surface area (Å²) in [4.78, 5) is 0. The van der Waals surface area contributed by atoms with Gasteiger partial charge in [0.1, 0.15) is 0 Å². The van der Waals surface area contributed by atoms with Gasteiger partial charge in [0, 0.05) is 5.92 Å². The summed E-state index contributed by atoms with van der Waals surface area (Å²) in [5.41, 5.74) is 0. The molecule has 0 unspecified atom stereocenters. The van der Waals surface area contributed by atoms with Gasteiger partial charge in [-0.15, -0.1) is 0 Å². The van der Waals surface area contributed by atoms with Gasteiger partial charge in [0.25, 0.3) is 0 Å². The molecule has 0 aromatic rings. The highest BCUT2D eigenvalue weighted by molar-refractivity contribution is 4.85. The number of fused-ring (bicyclic) bond motifs is 1. The van der Waals surface area contributed by atoms with Crippen molar-refractivity contribution >= 4 is 0 Å². The van der Waals surface area contributed by atoms with E-state index in [0.717, 1.165) is 13.2 Å². The predicted octanol–water partition coefficient (Wildman–Crippen LogP) is 2.19. The largest absolute Gasteiger partial charge is 0.350 e. The van der Waals surface area contributed by atoms with Crippen LogP contribution in [0.4, 0.5) is 0 Å². The Balaban J connectivity index is 0.000000281. The van der Waals surface area contributed by atoms with E-state index in [0.29, 0.717) is 5.92 Å². The number of hydrogen-bond acceptors (Lipinski definition) is 2. The van der Waals surface area contributed by atoms with Crippen LogP contribution in [0.1, 0.15) is 33.6 Å². The van der Waals surface area contributed by atoms with Crippen molar-refractivity contribution in [2.75, 3.05) is 13.2 Å². The summed E-state index contributed by atoms with van der Waals surface area (Å²) in [6.07, 6.45) is 2.38. The highest BCUT2D eigenvalue weighted by atomic mass is 16.7. The van der Waals surface area contributed by atoms with Crippen molar-refractivity contribution in [3.63, 3.8) is 0 Å². The standard InChI is InChI=1S/C7H12O2.C2H6/c1-7-6(2-4-8-7)3-5-9-7;1-2/h6H,2-5H2,1H3;1-2H3. The molecule has 2 fully saturated rings. The lowest BCUT2D eigenvalue weighted by molar-refractivity contribution is -0.181. The second-order valence-electron chi connectivity index (χ2n) is 2.99. The predicted molar refractivity (Wildman–Crippen MR) is 44.4 cm³/mol.